The average Bonchev–Trinajstić information content (AvgIpc) is 3.03. The zero-order chi connectivity index (χ0) is 19.6. The van der Waals surface area contributed by atoms with E-state index >= 15 is 0 Å². The number of nitrogens with one attached hydrogen (secondary N) is 2. The summed E-state index contributed by atoms with van der Waals surface area (Å²) in [4.78, 5) is 21.2. The summed E-state index contributed by atoms with van der Waals surface area (Å²) in [6, 6.07) is 4.72. The van der Waals surface area contributed by atoms with Crippen LogP contribution in [0.3, 0.4) is 0 Å². The largest absolute Gasteiger partial charge is 0.369 e. The van der Waals surface area contributed by atoms with Crippen molar-refractivity contribution in [2.75, 3.05) is 32.7 Å². The summed E-state index contributed by atoms with van der Waals surface area (Å²) in [5.74, 6) is 0.737. The fourth-order valence-electron chi connectivity index (χ4n) is 3.48. The second kappa shape index (κ2) is 13.4. The van der Waals surface area contributed by atoms with Crippen LogP contribution in [0.25, 0.3) is 0 Å². The van der Waals surface area contributed by atoms with Crippen LogP contribution in [0.1, 0.15) is 42.9 Å². The van der Waals surface area contributed by atoms with E-state index in [4.69, 9.17) is 10.7 Å². The Hall–Kier alpha value is -0.870. The lowest BCUT2D eigenvalue weighted by atomic mass is 9.97. The van der Waals surface area contributed by atoms with E-state index < -0.39 is 0 Å². The van der Waals surface area contributed by atoms with Crippen LogP contribution in [0.5, 0.6) is 0 Å². The van der Waals surface area contributed by atoms with Crippen molar-refractivity contribution in [3.05, 3.63) is 21.9 Å². The third kappa shape index (κ3) is 9.09. The number of rotatable bonds is 9. The zero-order valence-corrected chi connectivity index (χ0v) is 20.5. The quantitative estimate of drug-likeness (QED) is 0.202. The molecule has 1 aromatic heterocycles. The number of nitrogens with two attached hydrogens (primary N) is 1. The lowest BCUT2D eigenvalue weighted by molar-refractivity contribution is -0.123. The van der Waals surface area contributed by atoms with E-state index in [2.05, 4.69) is 48.4 Å². The van der Waals surface area contributed by atoms with Gasteiger partial charge in [0.05, 0.1) is 5.92 Å². The number of carbonyl (C=O) groups excluding carboxylic acids is 1. The molecule has 2 heterocycles. The molecule has 4 N–H and O–H groups in total. The van der Waals surface area contributed by atoms with E-state index in [1.807, 2.05) is 11.3 Å². The van der Waals surface area contributed by atoms with Gasteiger partial charge in [-0.3, -0.25) is 9.79 Å². The summed E-state index contributed by atoms with van der Waals surface area (Å²) in [6.07, 6.45) is 3.98. The van der Waals surface area contributed by atoms with Gasteiger partial charge < -0.3 is 21.3 Å². The van der Waals surface area contributed by atoms with E-state index in [1.165, 1.54) is 9.75 Å². The number of hydrogen-bond donors (Lipinski definition) is 3. The highest BCUT2D eigenvalue weighted by Gasteiger charge is 2.23. The first-order valence-corrected chi connectivity index (χ1v) is 10.9. The van der Waals surface area contributed by atoms with E-state index in [0.29, 0.717) is 6.04 Å². The van der Waals surface area contributed by atoms with Gasteiger partial charge in [-0.25, -0.2) is 0 Å². The number of halogens is 1. The molecule has 1 saturated heterocycles. The van der Waals surface area contributed by atoms with Gasteiger partial charge in [0.15, 0.2) is 5.96 Å². The lowest BCUT2D eigenvalue weighted by Crippen LogP contribution is -2.43. The predicted molar refractivity (Wildman–Crippen MR) is 130 cm³/mol. The van der Waals surface area contributed by atoms with Crippen LogP contribution in [-0.4, -0.2) is 55.5 Å². The molecule has 0 radical (unpaired) electrons. The van der Waals surface area contributed by atoms with Gasteiger partial charge in [0, 0.05) is 41.9 Å². The zero-order valence-electron chi connectivity index (χ0n) is 17.4. The number of primary amides is 1. The fourth-order valence-corrected chi connectivity index (χ4v) is 4.50. The summed E-state index contributed by atoms with van der Waals surface area (Å²) < 4.78 is 0. The molecule has 1 amide bonds. The van der Waals surface area contributed by atoms with Crippen molar-refractivity contribution in [1.29, 1.82) is 0 Å². The van der Waals surface area contributed by atoms with Crippen LogP contribution < -0.4 is 16.4 Å². The maximum absolute atomic E-state index is 11.4. The maximum Gasteiger partial charge on any atom is 0.221 e. The molecule has 160 valence electrons. The molecule has 0 aliphatic carbocycles. The Balaban J connectivity index is 0.00000392. The van der Waals surface area contributed by atoms with Gasteiger partial charge in [-0.15, -0.1) is 35.3 Å². The smallest absolute Gasteiger partial charge is 0.221 e. The lowest BCUT2D eigenvalue weighted by Gasteiger charge is -2.30. The average molecular weight is 522 g/mol. The number of guanidine groups is 1. The van der Waals surface area contributed by atoms with Crippen LogP contribution in [0.2, 0.25) is 0 Å². The number of thiophene rings is 1. The minimum Gasteiger partial charge on any atom is -0.369 e. The molecule has 1 aromatic rings. The molecule has 0 spiro atoms. The van der Waals surface area contributed by atoms with E-state index in [9.17, 15) is 4.79 Å². The van der Waals surface area contributed by atoms with Crippen molar-refractivity contribution >= 4 is 47.2 Å². The maximum atomic E-state index is 11.4. The third-order valence-corrected chi connectivity index (χ3v) is 5.86. The molecule has 2 atom stereocenters. The predicted octanol–water partition coefficient (Wildman–Crippen LogP) is 2.75. The van der Waals surface area contributed by atoms with Crippen LogP contribution in [0, 0.1) is 12.8 Å². The van der Waals surface area contributed by atoms with Crippen molar-refractivity contribution in [1.82, 2.24) is 15.5 Å². The SMILES string of the molecule is CCNC(=NCCCN1CCCC(C(N)=O)C1)NC(C)Cc1ccc(C)s1.I. The number of carbonyl (C=O) groups is 1. The van der Waals surface area contributed by atoms with Crippen molar-refractivity contribution in [2.24, 2.45) is 16.6 Å². The minimum absolute atomic E-state index is 0. The fraction of sp³-hybridized carbons (Fsp3) is 0.700. The molecule has 6 nitrogen and oxygen atoms in total. The molecule has 0 saturated carbocycles. The Bertz CT molecular complexity index is 621. The Morgan fingerprint density at radius 2 is 2.25 bits per heavy atom. The topological polar surface area (TPSA) is 82.8 Å². The highest BCUT2D eigenvalue weighted by atomic mass is 127. The van der Waals surface area contributed by atoms with Gasteiger partial charge in [-0.2, -0.15) is 0 Å². The molecule has 2 unspecified atom stereocenters. The molecule has 0 bridgehead atoms. The van der Waals surface area contributed by atoms with Crippen LogP contribution >= 0.6 is 35.3 Å². The summed E-state index contributed by atoms with van der Waals surface area (Å²) in [7, 11) is 0. The number of piperidine rings is 1. The molecule has 2 rings (SSSR count). The number of aliphatic imine (C=N–C) groups is 1. The van der Waals surface area contributed by atoms with Crippen LogP contribution in [0.15, 0.2) is 17.1 Å². The number of hydrogen-bond acceptors (Lipinski definition) is 4. The van der Waals surface area contributed by atoms with Crippen molar-refractivity contribution < 1.29 is 4.79 Å². The molecule has 8 heteroatoms. The number of likely N-dealkylation sites (tertiary alicyclic amines) is 1. The highest BCUT2D eigenvalue weighted by molar-refractivity contribution is 14.0. The first kappa shape index (κ1) is 25.2. The summed E-state index contributed by atoms with van der Waals surface area (Å²) in [5.41, 5.74) is 5.46. The van der Waals surface area contributed by atoms with Gasteiger partial charge >= 0.3 is 0 Å². The number of aryl methyl sites for hydroxylation is 1. The Morgan fingerprint density at radius 1 is 1.46 bits per heavy atom. The summed E-state index contributed by atoms with van der Waals surface area (Å²) >= 11 is 1.86. The number of amides is 1. The molecule has 28 heavy (non-hydrogen) atoms. The standard InChI is InChI=1S/C20H35N5OS.HI/c1-4-22-20(24-15(2)13-18-9-8-16(3)27-18)23-10-6-12-25-11-5-7-17(14-25)19(21)26;/h8-9,15,17H,4-7,10-14H2,1-3H3,(H2,21,26)(H2,22,23,24);1H. The van der Waals surface area contributed by atoms with Gasteiger partial charge in [0.25, 0.3) is 0 Å². The van der Waals surface area contributed by atoms with Crippen LogP contribution in [0.4, 0.5) is 0 Å². The van der Waals surface area contributed by atoms with E-state index in [-0.39, 0.29) is 35.8 Å². The monoisotopic (exact) mass is 521 g/mol. The van der Waals surface area contributed by atoms with Crippen molar-refractivity contribution in [3.63, 3.8) is 0 Å². The normalized spacial score (nSPS) is 19.0. The minimum atomic E-state index is -0.161. The van der Waals surface area contributed by atoms with Gasteiger partial charge in [-0.1, -0.05) is 0 Å². The third-order valence-electron chi connectivity index (χ3n) is 4.84. The second-order valence-corrected chi connectivity index (χ2v) is 8.79. The Kier molecular flexibility index (Phi) is 12.0. The van der Waals surface area contributed by atoms with Gasteiger partial charge in [0.1, 0.15) is 0 Å². The first-order valence-electron chi connectivity index (χ1n) is 10.1. The molecular weight excluding hydrogens is 485 g/mol. The molecular formula is C20H36IN5OS. The van der Waals surface area contributed by atoms with E-state index in [0.717, 1.165) is 64.4 Å². The molecule has 1 aliphatic rings. The molecule has 0 aromatic carbocycles. The van der Waals surface area contributed by atoms with Crippen molar-refractivity contribution in [2.45, 2.75) is 52.5 Å². The highest BCUT2D eigenvalue weighted by Crippen LogP contribution is 2.17. The molecule has 1 aliphatic heterocycles. The summed E-state index contributed by atoms with van der Waals surface area (Å²) in [6.45, 7) is 10.9. The molecule has 1 fully saturated rings. The summed E-state index contributed by atoms with van der Waals surface area (Å²) in [5, 5.41) is 6.84. The van der Waals surface area contributed by atoms with Gasteiger partial charge in [0.2, 0.25) is 5.91 Å². The second-order valence-electron chi connectivity index (χ2n) is 7.42. The Morgan fingerprint density at radius 3 is 2.89 bits per heavy atom. The number of nitrogens with zero attached hydrogens (tertiary/aromatic N) is 2. The Labute approximate surface area is 190 Å². The van der Waals surface area contributed by atoms with Crippen molar-refractivity contribution in [3.8, 4) is 0 Å². The first-order chi connectivity index (χ1) is 13.0. The van der Waals surface area contributed by atoms with Gasteiger partial charge in [-0.05, 0) is 65.3 Å². The van der Waals surface area contributed by atoms with E-state index in [1.54, 1.807) is 0 Å². The van der Waals surface area contributed by atoms with Crippen LogP contribution in [-0.2, 0) is 11.2 Å².